The fourth-order valence-electron chi connectivity index (χ4n) is 7.68. The van der Waals surface area contributed by atoms with Crippen LogP contribution in [0.5, 0.6) is 0 Å². The Morgan fingerprint density at radius 1 is 0.600 bits per heavy atom. The van der Waals surface area contributed by atoms with Crippen molar-refractivity contribution in [2.24, 2.45) is 0 Å². The Morgan fingerprint density at radius 2 is 1.36 bits per heavy atom. The highest BCUT2D eigenvalue weighted by atomic mass is 32.1. The Labute approximate surface area is 317 Å². The number of thiazole rings is 1. The van der Waals surface area contributed by atoms with Crippen LogP contribution in [0.3, 0.4) is 0 Å². The van der Waals surface area contributed by atoms with Crippen LogP contribution in [-0.4, -0.2) is 29.9 Å². The standard InChI is InChI=1S/C41H22N8O4S2/c1-4-15-28-23(10-1)22-34(51-28)48-37(24-11-7-17-30-35(24)44-46-53-30)38(25-12-8-19-32-36(25)45-47-55-32)49(40-43-27-14-3-6-18-31(27)54-40)41(48,33-20-9-21-50-33)39-42-26-13-2-5-16-29(26)52-39/h1-22H. The highest BCUT2D eigenvalue weighted by Gasteiger charge is 2.63. The summed E-state index contributed by atoms with van der Waals surface area (Å²) in [6, 6.07) is 41.3. The van der Waals surface area contributed by atoms with Crippen molar-refractivity contribution in [3.8, 4) is 0 Å². The molecule has 0 spiro atoms. The minimum absolute atomic E-state index is 0.310. The quantitative estimate of drug-likeness (QED) is 0.160. The maximum absolute atomic E-state index is 6.93. The van der Waals surface area contributed by atoms with Gasteiger partial charge in [-0.25, -0.2) is 9.97 Å². The van der Waals surface area contributed by atoms with Crippen molar-refractivity contribution < 1.29 is 17.8 Å². The third-order valence-corrected chi connectivity index (χ3v) is 11.7. The number of hydrogen-bond acceptors (Lipinski definition) is 14. The van der Waals surface area contributed by atoms with Crippen LogP contribution in [0.4, 0.5) is 11.0 Å². The van der Waals surface area contributed by atoms with Gasteiger partial charge in [-0.2, -0.15) is 0 Å². The molecule has 11 aromatic rings. The SMILES string of the molecule is c1coc(C2(c3nc4ccccc4o3)N(c3cc4ccccc4o3)C(c3cccc4onnc34)=C(c3cccc4snnc34)N2c2nc3ccccc3s2)c1. The summed E-state index contributed by atoms with van der Waals surface area (Å²) in [5.74, 6) is 1.28. The van der Waals surface area contributed by atoms with Crippen LogP contribution in [0.15, 0.2) is 151 Å². The van der Waals surface area contributed by atoms with E-state index in [2.05, 4.69) is 30.7 Å². The summed E-state index contributed by atoms with van der Waals surface area (Å²) in [4.78, 5) is 14.8. The largest absolute Gasteiger partial charge is 0.464 e. The average Bonchev–Trinajstić information content (AvgIpc) is 4.07. The molecule has 1 atom stereocenters. The third-order valence-electron chi connectivity index (χ3n) is 9.95. The normalized spacial score (nSPS) is 16.3. The second-order valence-corrected chi connectivity index (χ2v) is 14.7. The lowest BCUT2D eigenvalue weighted by molar-refractivity contribution is 0.330. The van der Waals surface area contributed by atoms with Gasteiger partial charge in [0.15, 0.2) is 22.1 Å². The van der Waals surface area contributed by atoms with E-state index in [9.17, 15) is 0 Å². The summed E-state index contributed by atoms with van der Waals surface area (Å²) in [5.41, 5.74) is 5.82. The lowest BCUT2D eigenvalue weighted by Gasteiger charge is -2.40. The average molecular weight is 755 g/mol. The number of para-hydroxylation sites is 4. The van der Waals surface area contributed by atoms with E-state index in [-0.39, 0.29) is 0 Å². The molecule has 0 bridgehead atoms. The molecule has 0 N–H and O–H groups in total. The zero-order chi connectivity index (χ0) is 36.1. The molecule has 12 rings (SSSR count). The molecule has 0 radical (unpaired) electrons. The predicted octanol–water partition coefficient (Wildman–Crippen LogP) is 10.1. The van der Waals surface area contributed by atoms with Gasteiger partial charge < -0.3 is 17.8 Å². The van der Waals surface area contributed by atoms with E-state index in [0.717, 1.165) is 25.9 Å². The number of anilines is 2. The van der Waals surface area contributed by atoms with Crippen LogP contribution in [0, 0.1) is 0 Å². The fourth-order valence-corrected chi connectivity index (χ4v) is 9.28. The summed E-state index contributed by atoms with van der Waals surface area (Å²) in [6.07, 6.45) is 1.65. The number of benzene rings is 5. The smallest absolute Gasteiger partial charge is 0.264 e. The van der Waals surface area contributed by atoms with Crippen LogP contribution in [-0.2, 0) is 5.66 Å². The second-order valence-electron chi connectivity index (χ2n) is 12.9. The summed E-state index contributed by atoms with van der Waals surface area (Å²) < 4.78 is 32.4. The van der Waals surface area contributed by atoms with Gasteiger partial charge in [-0.1, -0.05) is 82.6 Å². The monoisotopic (exact) mass is 754 g/mol. The third kappa shape index (κ3) is 4.25. The van der Waals surface area contributed by atoms with E-state index in [1.54, 1.807) is 6.26 Å². The van der Waals surface area contributed by atoms with Crippen LogP contribution in [0.1, 0.15) is 22.8 Å². The molecule has 0 amide bonds. The Bertz CT molecular complexity index is 3020. The first-order chi connectivity index (χ1) is 27.3. The van der Waals surface area contributed by atoms with Crippen LogP contribution in [0.2, 0.25) is 0 Å². The molecular formula is C41H22N8O4S2. The van der Waals surface area contributed by atoms with Crippen LogP contribution < -0.4 is 9.80 Å². The van der Waals surface area contributed by atoms with E-state index in [4.69, 9.17) is 32.8 Å². The topological polar surface area (TPSA) is 136 Å². The molecule has 55 heavy (non-hydrogen) atoms. The highest BCUT2D eigenvalue weighted by Crippen LogP contribution is 2.60. The molecule has 1 unspecified atom stereocenters. The van der Waals surface area contributed by atoms with Crippen LogP contribution >= 0.6 is 22.9 Å². The van der Waals surface area contributed by atoms with E-state index in [0.29, 0.717) is 72.9 Å². The van der Waals surface area contributed by atoms with Crippen molar-refractivity contribution in [2.45, 2.75) is 5.66 Å². The van der Waals surface area contributed by atoms with E-state index < -0.39 is 5.66 Å². The van der Waals surface area contributed by atoms with E-state index >= 15 is 0 Å². The van der Waals surface area contributed by atoms with Gasteiger partial charge in [0, 0.05) is 27.9 Å². The molecule has 1 aliphatic heterocycles. The zero-order valence-corrected chi connectivity index (χ0v) is 29.9. The number of fused-ring (bicyclic) bond motifs is 5. The Kier molecular flexibility index (Phi) is 6.29. The minimum Gasteiger partial charge on any atom is -0.464 e. The lowest BCUT2D eigenvalue weighted by Crippen LogP contribution is -2.53. The molecule has 5 aromatic carbocycles. The van der Waals surface area contributed by atoms with Crippen molar-refractivity contribution in [1.29, 1.82) is 0 Å². The first kappa shape index (κ1) is 30.3. The molecular weight excluding hydrogens is 733 g/mol. The van der Waals surface area contributed by atoms with Gasteiger partial charge in [0.25, 0.3) is 11.6 Å². The molecule has 12 nitrogen and oxygen atoms in total. The summed E-state index contributed by atoms with van der Waals surface area (Å²) >= 11 is 2.86. The van der Waals surface area contributed by atoms with Crippen molar-refractivity contribution in [2.75, 3.05) is 9.80 Å². The Balaban J connectivity index is 1.33. The van der Waals surface area contributed by atoms with Crippen LogP contribution in [0.25, 0.3) is 65.0 Å². The van der Waals surface area contributed by atoms with Crippen molar-refractivity contribution in [3.05, 3.63) is 156 Å². The van der Waals surface area contributed by atoms with Gasteiger partial charge in [-0.3, -0.25) is 9.80 Å². The summed E-state index contributed by atoms with van der Waals surface area (Å²) in [6.45, 7) is 0. The maximum Gasteiger partial charge on any atom is 0.264 e. The molecule has 6 aromatic heterocycles. The molecule has 0 saturated heterocycles. The lowest BCUT2D eigenvalue weighted by atomic mass is 10.0. The van der Waals surface area contributed by atoms with Crippen molar-refractivity contribution >= 4 is 98.9 Å². The summed E-state index contributed by atoms with van der Waals surface area (Å²) in [5, 5.41) is 14.8. The second kappa shape index (κ2) is 11.4. The zero-order valence-electron chi connectivity index (χ0n) is 28.2. The fraction of sp³-hybridized carbons (Fsp3) is 0.0244. The van der Waals surface area contributed by atoms with E-state index in [1.807, 2.05) is 121 Å². The van der Waals surface area contributed by atoms with Gasteiger partial charge in [0.1, 0.15) is 22.1 Å². The Morgan fingerprint density at radius 3 is 2.22 bits per heavy atom. The van der Waals surface area contributed by atoms with Gasteiger partial charge in [-0.05, 0) is 66.1 Å². The first-order valence-electron chi connectivity index (χ1n) is 17.3. The molecule has 0 aliphatic carbocycles. The predicted molar refractivity (Wildman–Crippen MR) is 210 cm³/mol. The molecule has 0 saturated carbocycles. The number of oxazole rings is 1. The minimum atomic E-state index is -1.56. The molecule has 0 fully saturated rings. The maximum atomic E-state index is 6.93. The van der Waals surface area contributed by atoms with Gasteiger partial charge in [0.05, 0.1) is 32.6 Å². The van der Waals surface area contributed by atoms with Gasteiger partial charge in [0.2, 0.25) is 5.88 Å². The molecule has 1 aliphatic rings. The van der Waals surface area contributed by atoms with Gasteiger partial charge >= 0.3 is 0 Å². The number of nitrogens with zero attached hydrogens (tertiary/aromatic N) is 8. The van der Waals surface area contributed by atoms with Crippen molar-refractivity contribution in [3.63, 3.8) is 0 Å². The number of rotatable bonds is 6. The molecule has 7 heterocycles. The summed E-state index contributed by atoms with van der Waals surface area (Å²) in [7, 11) is 0. The molecule has 262 valence electrons. The Hall–Kier alpha value is -7.16. The number of furan rings is 2. The number of aromatic nitrogens is 6. The number of hydrogen-bond donors (Lipinski definition) is 0. The van der Waals surface area contributed by atoms with E-state index in [1.165, 1.54) is 22.9 Å². The van der Waals surface area contributed by atoms with Gasteiger partial charge in [-0.15, -0.1) is 10.2 Å². The highest BCUT2D eigenvalue weighted by molar-refractivity contribution is 7.22. The first-order valence-corrected chi connectivity index (χ1v) is 18.9. The van der Waals surface area contributed by atoms with Crippen molar-refractivity contribution in [1.82, 2.24) is 29.9 Å². The molecule has 14 heteroatoms.